The zero-order chi connectivity index (χ0) is 18.6. The molecule has 0 radical (unpaired) electrons. The van der Waals surface area contributed by atoms with Crippen LogP contribution >= 0.6 is 11.6 Å². The topological polar surface area (TPSA) is 33.5 Å². The van der Waals surface area contributed by atoms with Crippen molar-refractivity contribution in [1.82, 2.24) is 0 Å². The summed E-state index contributed by atoms with van der Waals surface area (Å²) >= 11 is 6.40. The van der Waals surface area contributed by atoms with E-state index in [0.29, 0.717) is 11.4 Å². The fourth-order valence-electron chi connectivity index (χ4n) is 2.95. The van der Waals surface area contributed by atoms with Gasteiger partial charge in [0.1, 0.15) is 5.76 Å². The van der Waals surface area contributed by atoms with Crippen molar-refractivity contribution in [1.29, 1.82) is 0 Å². The second kappa shape index (κ2) is 7.52. The molecular formula is C23H16ClNO2. The Morgan fingerprint density at radius 2 is 1.19 bits per heavy atom. The Labute approximate surface area is 162 Å². The summed E-state index contributed by atoms with van der Waals surface area (Å²) < 4.78 is 5.44. The van der Waals surface area contributed by atoms with Crippen LogP contribution in [0, 0.1) is 0 Å². The molecule has 4 aromatic rings. The minimum absolute atomic E-state index is 0.0439. The van der Waals surface area contributed by atoms with Gasteiger partial charge >= 0.3 is 5.63 Å². The van der Waals surface area contributed by atoms with Crippen molar-refractivity contribution in [3.63, 3.8) is 0 Å². The van der Waals surface area contributed by atoms with Crippen LogP contribution in [0.3, 0.4) is 0 Å². The lowest BCUT2D eigenvalue weighted by atomic mass is 10.1. The second-order valence-corrected chi connectivity index (χ2v) is 6.35. The van der Waals surface area contributed by atoms with E-state index in [1.807, 2.05) is 95.9 Å². The van der Waals surface area contributed by atoms with Gasteiger partial charge in [-0.25, -0.2) is 4.79 Å². The molecule has 3 aromatic carbocycles. The zero-order valence-corrected chi connectivity index (χ0v) is 15.1. The standard InChI is InChI=1S/C23H16ClNO2/c24-22-20(16-21(27-23(22)26)17-10-4-1-5-11-17)25(18-12-6-2-7-13-18)19-14-8-3-9-15-19/h1-16H. The lowest BCUT2D eigenvalue weighted by Gasteiger charge is -2.26. The van der Waals surface area contributed by atoms with Gasteiger partial charge in [0.25, 0.3) is 0 Å². The number of benzene rings is 3. The Kier molecular flexibility index (Phi) is 4.77. The average molecular weight is 374 g/mol. The highest BCUT2D eigenvalue weighted by Crippen LogP contribution is 2.38. The highest BCUT2D eigenvalue weighted by atomic mass is 35.5. The van der Waals surface area contributed by atoms with Crippen molar-refractivity contribution in [3.8, 4) is 11.3 Å². The number of hydrogen-bond acceptors (Lipinski definition) is 3. The molecule has 0 saturated heterocycles. The Morgan fingerprint density at radius 3 is 1.70 bits per heavy atom. The summed E-state index contributed by atoms with van der Waals surface area (Å²) in [7, 11) is 0. The molecule has 0 unspecified atom stereocenters. The molecule has 0 atom stereocenters. The quantitative estimate of drug-likeness (QED) is 0.413. The predicted octanol–water partition coefficient (Wildman–Crippen LogP) is 6.43. The summed E-state index contributed by atoms with van der Waals surface area (Å²) in [5.74, 6) is 0.469. The Bertz CT molecular complexity index is 1050. The first-order valence-electron chi connectivity index (χ1n) is 8.53. The average Bonchev–Trinajstić information content (AvgIpc) is 2.73. The van der Waals surface area contributed by atoms with Crippen LogP contribution in [0.15, 0.2) is 106 Å². The smallest absolute Gasteiger partial charge is 0.357 e. The molecule has 0 N–H and O–H groups in total. The number of halogens is 1. The maximum atomic E-state index is 12.5. The van der Waals surface area contributed by atoms with Crippen LogP contribution in [0.2, 0.25) is 5.02 Å². The molecule has 3 nitrogen and oxygen atoms in total. The van der Waals surface area contributed by atoms with Crippen LogP contribution in [0.1, 0.15) is 0 Å². The van der Waals surface area contributed by atoms with Crippen molar-refractivity contribution in [2.75, 3.05) is 4.90 Å². The first-order chi connectivity index (χ1) is 13.2. The van der Waals surface area contributed by atoms with E-state index in [1.54, 1.807) is 6.07 Å². The van der Waals surface area contributed by atoms with Crippen molar-refractivity contribution in [3.05, 3.63) is 113 Å². The van der Waals surface area contributed by atoms with Gasteiger partial charge in [-0.05, 0) is 24.3 Å². The summed E-state index contributed by atoms with van der Waals surface area (Å²) in [6.07, 6.45) is 0. The van der Waals surface area contributed by atoms with Crippen LogP contribution in [0.5, 0.6) is 0 Å². The first kappa shape index (κ1) is 17.1. The van der Waals surface area contributed by atoms with Crippen LogP contribution in [-0.2, 0) is 0 Å². The number of rotatable bonds is 4. The zero-order valence-electron chi connectivity index (χ0n) is 14.4. The summed E-state index contributed by atoms with van der Waals surface area (Å²) in [6, 6.07) is 30.9. The van der Waals surface area contributed by atoms with E-state index < -0.39 is 5.63 Å². The largest absolute Gasteiger partial charge is 0.422 e. The van der Waals surface area contributed by atoms with E-state index in [0.717, 1.165) is 16.9 Å². The molecule has 0 aliphatic rings. The van der Waals surface area contributed by atoms with Crippen molar-refractivity contribution >= 4 is 28.7 Å². The minimum Gasteiger partial charge on any atom is -0.422 e. The highest BCUT2D eigenvalue weighted by Gasteiger charge is 2.20. The van der Waals surface area contributed by atoms with Gasteiger partial charge in [0.2, 0.25) is 0 Å². The van der Waals surface area contributed by atoms with Crippen LogP contribution in [-0.4, -0.2) is 0 Å². The van der Waals surface area contributed by atoms with E-state index in [1.165, 1.54) is 0 Å². The molecule has 27 heavy (non-hydrogen) atoms. The Hall–Kier alpha value is -3.30. The third-order valence-electron chi connectivity index (χ3n) is 4.20. The molecule has 0 saturated carbocycles. The number of nitrogens with zero attached hydrogens (tertiary/aromatic N) is 1. The van der Waals surface area contributed by atoms with Gasteiger partial charge < -0.3 is 9.32 Å². The molecule has 1 aromatic heterocycles. The molecule has 0 aliphatic heterocycles. The molecule has 0 spiro atoms. The van der Waals surface area contributed by atoms with Crippen LogP contribution in [0.4, 0.5) is 17.1 Å². The van der Waals surface area contributed by atoms with E-state index in [4.69, 9.17) is 16.0 Å². The highest BCUT2D eigenvalue weighted by molar-refractivity contribution is 6.33. The molecule has 4 rings (SSSR count). The molecule has 0 fully saturated rings. The number of hydrogen-bond donors (Lipinski definition) is 0. The van der Waals surface area contributed by atoms with Gasteiger partial charge in [0.05, 0.1) is 5.69 Å². The van der Waals surface area contributed by atoms with Gasteiger partial charge in [-0.1, -0.05) is 78.3 Å². The van der Waals surface area contributed by atoms with Gasteiger partial charge in [-0.15, -0.1) is 0 Å². The van der Waals surface area contributed by atoms with E-state index in [2.05, 4.69) is 0 Å². The molecule has 0 aliphatic carbocycles. The fourth-order valence-corrected chi connectivity index (χ4v) is 3.13. The maximum absolute atomic E-state index is 12.5. The van der Waals surface area contributed by atoms with E-state index in [9.17, 15) is 4.79 Å². The fraction of sp³-hybridized carbons (Fsp3) is 0. The molecule has 1 heterocycles. The van der Waals surface area contributed by atoms with E-state index in [-0.39, 0.29) is 5.02 Å². The molecule has 0 bridgehead atoms. The molecule has 0 amide bonds. The maximum Gasteiger partial charge on any atom is 0.357 e. The number of anilines is 3. The van der Waals surface area contributed by atoms with Gasteiger partial charge in [-0.3, -0.25) is 0 Å². The Balaban J connectivity index is 1.95. The van der Waals surface area contributed by atoms with Gasteiger partial charge in [0, 0.05) is 23.0 Å². The van der Waals surface area contributed by atoms with Crippen molar-refractivity contribution in [2.24, 2.45) is 0 Å². The lowest BCUT2D eigenvalue weighted by molar-refractivity contribution is 0.526. The lowest BCUT2D eigenvalue weighted by Crippen LogP contribution is -2.14. The predicted molar refractivity (Wildman–Crippen MR) is 110 cm³/mol. The van der Waals surface area contributed by atoms with Gasteiger partial charge in [-0.2, -0.15) is 0 Å². The molecule has 132 valence electrons. The number of para-hydroxylation sites is 2. The summed E-state index contributed by atoms with van der Waals surface area (Å²) in [6.45, 7) is 0. The molecular weight excluding hydrogens is 358 g/mol. The summed E-state index contributed by atoms with van der Waals surface area (Å²) in [4.78, 5) is 14.4. The van der Waals surface area contributed by atoms with Crippen LogP contribution in [0.25, 0.3) is 11.3 Å². The third kappa shape index (κ3) is 3.50. The summed E-state index contributed by atoms with van der Waals surface area (Å²) in [5, 5.41) is 0.0439. The Morgan fingerprint density at radius 1 is 0.704 bits per heavy atom. The van der Waals surface area contributed by atoms with E-state index >= 15 is 0 Å². The minimum atomic E-state index is -0.565. The summed E-state index contributed by atoms with van der Waals surface area (Å²) in [5.41, 5.74) is 2.62. The van der Waals surface area contributed by atoms with Crippen LogP contribution < -0.4 is 10.5 Å². The SMILES string of the molecule is O=c1oc(-c2ccccc2)cc(N(c2ccccc2)c2ccccc2)c1Cl. The van der Waals surface area contributed by atoms with Crippen molar-refractivity contribution < 1.29 is 4.42 Å². The molecule has 4 heteroatoms. The third-order valence-corrected chi connectivity index (χ3v) is 4.55. The van der Waals surface area contributed by atoms with Crippen molar-refractivity contribution in [2.45, 2.75) is 0 Å². The van der Waals surface area contributed by atoms with Gasteiger partial charge in [0.15, 0.2) is 5.02 Å². The normalized spacial score (nSPS) is 10.6. The second-order valence-electron chi connectivity index (χ2n) is 5.97. The first-order valence-corrected chi connectivity index (χ1v) is 8.91. The monoisotopic (exact) mass is 373 g/mol.